The zero-order chi connectivity index (χ0) is 24.5. The number of anilines is 1. The van der Waals surface area contributed by atoms with Crippen molar-refractivity contribution in [3.8, 4) is 28.7 Å². The maximum absolute atomic E-state index is 12.4. The zero-order valence-electron chi connectivity index (χ0n) is 19.2. The van der Waals surface area contributed by atoms with Crippen LogP contribution in [0.1, 0.15) is 16.1 Å². The van der Waals surface area contributed by atoms with E-state index in [0.717, 1.165) is 0 Å². The average molecular weight is 463 g/mol. The number of hydrogen-bond donors (Lipinski definition) is 2. The van der Waals surface area contributed by atoms with Gasteiger partial charge in [0.25, 0.3) is 5.91 Å². The maximum Gasteiger partial charge on any atom is 0.269 e. The van der Waals surface area contributed by atoms with E-state index in [9.17, 15) is 9.59 Å². The molecule has 34 heavy (non-hydrogen) atoms. The number of rotatable bonds is 9. The number of ether oxygens (including phenoxy) is 4. The molecule has 3 aromatic rings. The average Bonchev–Trinajstić information content (AvgIpc) is 2.87. The third kappa shape index (κ3) is 6.04. The molecule has 176 valence electrons. The minimum Gasteiger partial charge on any atom is -0.493 e. The van der Waals surface area contributed by atoms with Crippen LogP contribution in [0.3, 0.4) is 0 Å². The van der Waals surface area contributed by atoms with Crippen LogP contribution in [0.4, 0.5) is 5.69 Å². The molecule has 0 aliphatic carbocycles. The second-order valence-corrected chi connectivity index (χ2v) is 6.86. The molecule has 9 nitrogen and oxygen atoms in total. The number of carbonyl (C=O) groups is 2. The molecule has 0 unspecified atom stereocenters. The van der Waals surface area contributed by atoms with Gasteiger partial charge in [-0.15, -0.1) is 0 Å². The SMILES string of the molecule is CNC(=O)c1cc(Oc2ccc(NC(=O)C=Cc3cc(OC)c(OC)c(OC)c3)cc2)ccn1. The highest BCUT2D eigenvalue weighted by Crippen LogP contribution is 2.38. The van der Waals surface area contributed by atoms with Crippen molar-refractivity contribution >= 4 is 23.6 Å². The molecule has 0 aliphatic rings. The number of nitrogens with zero attached hydrogens (tertiary/aromatic N) is 1. The van der Waals surface area contributed by atoms with Crippen molar-refractivity contribution in [2.24, 2.45) is 0 Å². The van der Waals surface area contributed by atoms with Crippen LogP contribution in [0.2, 0.25) is 0 Å². The fourth-order valence-electron chi connectivity index (χ4n) is 3.02. The Labute approximate surface area is 197 Å². The van der Waals surface area contributed by atoms with Gasteiger partial charge in [0.1, 0.15) is 17.2 Å². The summed E-state index contributed by atoms with van der Waals surface area (Å²) in [4.78, 5) is 28.1. The van der Waals surface area contributed by atoms with Gasteiger partial charge in [-0.05, 0) is 54.1 Å². The monoisotopic (exact) mass is 463 g/mol. The Morgan fingerprint density at radius 2 is 1.56 bits per heavy atom. The van der Waals surface area contributed by atoms with E-state index >= 15 is 0 Å². The van der Waals surface area contributed by atoms with Crippen LogP contribution in [0.5, 0.6) is 28.7 Å². The lowest BCUT2D eigenvalue weighted by Gasteiger charge is -2.12. The first-order chi connectivity index (χ1) is 16.5. The van der Waals surface area contributed by atoms with E-state index in [2.05, 4.69) is 15.6 Å². The number of pyridine rings is 1. The Hall–Kier alpha value is -4.53. The Morgan fingerprint density at radius 1 is 0.882 bits per heavy atom. The van der Waals surface area contributed by atoms with Crippen molar-refractivity contribution in [1.29, 1.82) is 0 Å². The van der Waals surface area contributed by atoms with Gasteiger partial charge in [-0.1, -0.05) is 0 Å². The van der Waals surface area contributed by atoms with E-state index < -0.39 is 0 Å². The summed E-state index contributed by atoms with van der Waals surface area (Å²) in [5, 5.41) is 5.30. The fraction of sp³-hybridized carbons (Fsp3) is 0.160. The zero-order valence-corrected chi connectivity index (χ0v) is 19.2. The van der Waals surface area contributed by atoms with Gasteiger partial charge in [0.15, 0.2) is 11.5 Å². The molecule has 1 aromatic heterocycles. The number of carbonyl (C=O) groups excluding carboxylic acids is 2. The van der Waals surface area contributed by atoms with Crippen LogP contribution in [-0.2, 0) is 4.79 Å². The lowest BCUT2D eigenvalue weighted by Crippen LogP contribution is -2.18. The largest absolute Gasteiger partial charge is 0.493 e. The Kier molecular flexibility index (Phi) is 8.07. The molecule has 0 bridgehead atoms. The van der Waals surface area contributed by atoms with Gasteiger partial charge >= 0.3 is 0 Å². The molecule has 2 aromatic carbocycles. The number of aromatic nitrogens is 1. The second kappa shape index (κ2) is 11.4. The van der Waals surface area contributed by atoms with Gasteiger partial charge in [0.2, 0.25) is 11.7 Å². The molecule has 0 spiro atoms. The minimum atomic E-state index is -0.313. The lowest BCUT2D eigenvalue weighted by molar-refractivity contribution is -0.111. The Balaban J connectivity index is 1.64. The van der Waals surface area contributed by atoms with Crippen LogP contribution in [0, 0.1) is 0 Å². The minimum absolute atomic E-state index is 0.253. The highest BCUT2D eigenvalue weighted by atomic mass is 16.5. The highest BCUT2D eigenvalue weighted by Gasteiger charge is 2.12. The predicted molar refractivity (Wildman–Crippen MR) is 128 cm³/mol. The van der Waals surface area contributed by atoms with Crippen LogP contribution < -0.4 is 29.6 Å². The Bertz CT molecular complexity index is 1170. The van der Waals surface area contributed by atoms with E-state index in [0.29, 0.717) is 40.0 Å². The fourth-order valence-corrected chi connectivity index (χ4v) is 3.02. The van der Waals surface area contributed by atoms with E-state index in [1.54, 1.807) is 54.6 Å². The molecule has 0 saturated carbocycles. The van der Waals surface area contributed by atoms with Crippen LogP contribution in [-0.4, -0.2) is 45.2 Å². The van der Waals surface area contributed by atoms with E-state index in [-0.39, 0.29) is 17.5 Å². The highest BCUT2D eigenvalue weighted by molar-refractivity contribution is 6.02. The van der Waals surface area contributed by atoms with E-state index in [1.165, 1.54) is 40.6 Å². The molecular weight excluding hydrogens is 438 g/mol. The van der Waals surface area contributed by atoms with Crippen molar-refractivity contribution in [3.05, 3.63) is 72.1 Å². The van der Waals surface area contributed by atoms with Gasteiger partial charge in [-0.3, -0.25) is 14.6 Å². The molecule has 9 heteroatoms. The number of amides is 2. The number of nitrogens with one attached hydrogen (secondary N) is 2. The number of methoxy groups -OCH3 is 3. The van der Waals surface area contributed by atoms with Crippen molar-refractivity contribution in [2.45, 2.75) is 0 Å². The molecule has 0 fully saturated rings. The number of benzene rings is 2. The smallest absolute Gasteiger partial charge is 0.269 e. The van der Waals surface area contributed by atoms with Crippen LogP contribution in [0.15, 0.2) is 60.8 Å². The van der Waals surface area contributed by atoms with Crippen molar-refractivity contribution in [2.75, 3.05) is 33.7 Å². The molecule has 0 aliphatic heterocycles. The van der Waals surface area contributed by atoms with Crippen molar-refractivity contribution in [1.82, 2.24) is 10.3 Å². The number of hydrogen-bond acceptors (Lipinski definition) is 7. The molecule has 2 amide bonds. The van der Waals surface area contributed by atoms with E-state index in [4.69, 9.17) is 18.9 Å². The summed E-state index contributed by atoms with van der Waals surface area (Å²) < 4.78 is 21.7. The molecule has 1 heterocycles. The topological polar surface area (TPSA) is 108 Å². The summed E-state index contributed by atoms with van der Waals surface area (Å²) in [5.41, 5.74) is 1.55. The van der Waals surface area contributed by atoms with Crippen LogP contribution >= 0.6 is 0 Å². The summed E-state index contributed by atoms with van der Waals surface area (Å²) in [7, 11) is 6.12. The molecular formula is C25H25N3O6. The van der Waals surface area contributed by atoms with E-state index in [1.807, 2.05) is 0 Å². The summed E-state index contributed by atoms with van der Waals surface area (Å²) in [5.74, 6) is 1.86. The summed E-state index contributed by atoms with van der Waals surface area (Å²) in [6.07, 6.45) is 4.54. The van der Waals surface area contributed by atoms with Gasteiger partial charge < -0.3 is 29.6 Å². The van der Waals surface area contributed by atoms with Crippen molar-refractivity contribution in [3.63, 3.8) is 0 Å². The maximum atomic E-state index is 12.4. The summed E-state index contributed by atoms with van der Waals surface area (Å²) in [6.45, 7) is 0. The standard InChI is InChI=1S/C25H25N3O6/c1-26-25(30)20-15-19(11-12-27-20)34-18-8-6-17(7-9-18)28-23(29)10-5-16-13-21(31-2)24(33-4)22(14-16)32-3/h5-15H,1-4H3,(H,26,30)(H,28,29). The normalized spacial score (nSPS) is 10.5. The molecule has 3 rings (SSSR count). The van der Waals surface area contributed by atoms with Gasteiger partial charge in [0, 0.05) is 31.1 Å². The summed E-state index contributed by atoms with van der Waals surface area (Å²) in [6, 6.07) is 13.5. The summed E-state index contributed by atoms with van der Waals surface area (Å²) >= 11 is 0. The second-order valence-electron chi connectivity index (χ2n) is 6.86. The lowest BCUT2D eigenvalue weighted by atomic mass is 10.1. The van der Waals surface area contributed by atoms with Gasteiger partial charge in [-0.2, -0.15) is 0 Å². The Morgan fingerprint density at radius 3 is 2.15 bits per heavy atom. The van der Waals surface area contributed by atoms with Gasteiger partial charge in [0.05, 0.1) is 21.3 Å². The molecule has 0 saturated heterocycles. The van der Waals surface area contributed by atoms with Crippen molar-refractivity contribution < 1.29 is 28.5 Å². The first kappa shape index (κ1) is 24.1. The predicted octanol–water partition coefficient (Wildman–Crippen LogP) is 3.91. The first-order valence-electron chi connectivity index (χ1n) is 10.2. The quantitative estimate of drug-likeness (QED) is 0.463. The molecule has 0 atom stereocenters. The van der Waals surface area contributed by atoms with Gasteiger partial charge in [-0.25, -0.2) is 0 Å². The van der Waals surface area contributed by atoms with Crippen LogP contribution in [0.25, 0.3) is 6.08 Å². The molecule has 2 N–H and O–H groups in total. The third-order valence-corrected chi connectivity index (χ3v) is 4.66. The molecule has 0 radical (unpaired) electrons. The first-order valence-corrected chi connectivity index (χ1v) is 10.2. The third-order valence-electron chi connectivity index (χ3n) is 4.66.